The average Bonchev–Trinajstić information content (AvgIpc) is 3.25. The molecule has 0 saturated heterocycles. The summed E-state index contributed by atoms with van der Waals surface area (Å²) in [6, 6.07) is 20.4. The Morgan fingerprint density at radius 2 is 1.66 bits per heavy atom. The molecule has 0 bridgehead atoms. The molecule has 0 spiro atoms. The van der Waals surface area contributed by atoms with Gasteiger partial charge in [-0.1, -0.05) is 35.5 Å². The molecule has 0 radical (unpaired) electrons. The SMILES string of the molecule is CCOC(=O)Cc1ccc(Oc2ccc(-c3noc(C)c3NC(=O)OC(C)c3ccccc3F)cc2)cc1. The van der Waals surface area contributed by atoms with Crippen LogP contribution < -0.4 is 10.1 Å². The maximum absolute atomic E-state index is 14.0. The molecule has 196 valence electrons. The van der Waals surface area contributed by atoms with Gasteiger partial charge in [0.15, 0.2) is 5.76 Å². The number of hydrogen-bond acceptors (Lipinski definition) is 7. The highest BCUT2D eigenvalue weighted by Gasteiger charge is 2.21. The summed E-state index contributed by atoms with van der Waals surface area (Å²) < 4.78 is 35.5. The maximum Gasteiger partial charge on any atom is 0.412 e. The zero-order chi connectivity index (χ0) is 27.1. The number of hydrogen-bond donors (Lipinski definition) is 1. The van der Waals surface area contributed by atoms with Crippen molar-refractivity contribution in [2.75, 3.05) is 11.9 Å². The van der Waals surface area contributed by atoms with E-state index >= 15 is 0 Å². The number of rotatable bonds is 9. The summed E-state index contributed by atoms with van der Waals surface area (Å²) in [6.07, 6.45) is -1.36. The fraction of sp³-hybridized carbons (Fsp3) is 0.207. The van der Waals surface area contributed by atoms with Gasteiger partial charge in [-0.25, -0.2) is 9.18 Å². The van der Waals surface area contributed by atoms with Gasteiger partial charge >= 0.3 is 12.1 Å². The van der Waals surface area contributed by atoms with Gasteiger partial charge in [0.2, 0.25) is 0 Å². The number of aryl methyl sites for hydroxylation is 1. The molecule has 9 heteroatoms. The van der Waals surface area contributed by atoms with Crippen LogP contribution in [0.4, 0.5) is 14.9 Å². The summed E-state index contributed by atoms with van der Waals surface area (Å²) in [7, 11) is 0. The van der Waals surface area contributed by atoms with Gasteiger partial charge in [-0.15, -0.1) is 0 Å². The number of carbonyl (C=O) groups is 2. The Morgan fingerprint density at radius 1 is 1.00 bits per heavy atom. The minimum atomic E-state index is -0.796. The van der Waals surface area contributed by atoms with Crippen LogP contribution in [0.1, 0.15) is 36.8 Å². The predicted molar refractivity (Wildman–Crippen MR) is 138 cm³/mol. The second kappa shape index (κ2) is 12.1. The molecule has 0 saturated carbocycles. The van der Waals surface area contributed by atoms with Crippen LogP contribution in [0, 0.1) is 12.7 Å². The van der Waals surface area contributed by atoms with Crippen molar-refractivity contribution in [3.05, 3.63) is 95.5 Å². The number of carbonyl (C=O) groups excluding carboxylic acids is 2. The van der Waals surface area contributed by atoms with Crippen molar-refractivity contribution >= 4 is 17.7 Å². The van der Waals surface area contributed by atoms with Gasteiger partial charge < -0.3 is 18.7 Å². The molecule has 4 aromatic rings. The predicted octanol–water partition coefficient (Wildman–Crippen LogP) is 7.00. The number of aromatic nitrogens is 1. The zero-order valence-electron chi connectivity index (χ0n) is 21.2. The van der Waals surface area contributed by atoms with E-state index in [1.165, 1.54) is 6.07 Å². The summed E-state index contributed by atoms with van der Waals surface area (Å²) in [5, 5.41) is 6.72. The van der Waals surface area contributed by atoms with Crippen molar-refractivity contribution in [3.8, 4) is 22.8 Å². The Kier molecular flexibility index (Phi) is 8.37. The standard InChI is InChI=1S/C29H27FN2O6/c1-4-35-26(33)17-20-9-13-22(14-10-20)37-23-15-11-21(12-16-23)28-27(19(3)38-32-28)31-29(34)36-18(2)24-7-5-6-8-25(24)30/h5-16,18H,4,17H2,1-3H3,(H,31,34). The molecule has 3 aromatic carbocycles. The van der Waals surface area contributed by atoms with E-state index in [1.807, 2.05) is 12.1 Å². The molecule has 0 aliphatic carbocycles. The molecule has 1 unspecified atom stereocenters. The summed E-state index contributed by atoms with van der Waals surface area (Å²) in [6.45, 7) is 5.37. The monoisotopic (exact) mass is 518 g/mol. The maximum atomic E-state index is 14.0. The first kappa shape index (κ1) is 26.4. The van der Waals surface area contributed by atoms with E-state index in [-0.39, 0.29) is 18.0 Å². The van der Waals surface area contributed by atoms with Crippen LogP contribution in [-0.2, 0) is 20.7 Å². The van der Waals surface area contributed by atoms with E-state index in [9.17, 15) is 14.0 Å². The third kappa shape index (κ3) is 6.56. The number of benzene rings is 3. The number of amides is 1. The zero-order valence-corrected chi connectivity index (χ0v) is 21.2. The molecule has 1 aromatic heterocycles. The van der Waals surface area contributed by atoms with E-state index in [1.54, 1.807) is 75.4 Å². The molecular formula is C29H27FN2O6. The van der Waals surface area contributed by atoms with Crippen LogP contribution in [0.25, 0.3) is 11.3 Å². The Balaban J connectivity index is 1.40. The van der Waals surface area contributed by atoms with Crippen molar-refractivity contribution in [1.29, 1.82) is 0 Å². The molecule has 1 heterocycles. The number of esters is 1. The second-order valence-corrected chi connectivity index (χ2v) is 8.41. The van der Waals surface area contributed by atoms with Gasteiger partial charge in [-0.05, 0) is 68.8 Å². The van der Waals surface area contributed by atoms with Gasteiger partial charge in [-0.3, -0.25) is 10.1 Å². The van der Waals surface area contributed by atoms with E-state index in [2.05, 4.69) is 10.5 Å². The lowest BCUT2D eigenvalue weighted by Crippen LogP contribution is -2.17. The first-order chi connectivity index (χ1) is 18.3. The smallest absolute Gasteiger partial charge is 0.412 e. The summed E-state index contributed by atoms with van der Waals surface area (Å²) >= 11 is 0. The molecule has 1 atom stereocenters. The van der Waals surface area contributed by atoms with Crippen molar-refractivity contribution in [2.45, 2.75) is 33.3 Å². The fourth-order valence-electron chi connectivity index (χ4n) is 3.75. The van der Waals surface area contributed by atoms with Gasteiger partial charge in [0, 0.05) is 11.1 Å². The number of nitrogens with one attached hydrogen (secondary N) is 1. The lowest BCUT2D eigenvalue weighted by Gasteiger charge is -2.15. The molecule has 38 heavy (non-hydrogen) atoms. The highest BCUT2D eigenvalue weighted by Crippen LogP contribution is 2.33. The normalized spacial score (nSPS) is 11.5. The topological polar surface area (TPSA) is 99.9 Å². The lowest BCUT2D eigenvalue weighted by atomic mass is 10.1. The summed E-state index contributed by atoms with van der Waals surface area (Å²) in [4.78, 5) is 24.2. The number of anilines is 1. The van der Waals surface area contributed by atoms with Crippen molar-refractivity contribution in [3.63, 3.8) is 0 Å². The van der Waals surface area contributed by atoms with Gasteiger partial charge in [0.1, 0.15) is 34.8 Å². The molecule has 0 aliphatic heterocycles. The summed E-state index contributed by atoms with van der Waals surface area (Å²) in [5.41, 5.74) is 2.54. The second-order valence-electron chi connectivity index (χ2n) is 8.41. The largest absolute Gasteiger partial charge is 0.466 e. The van der Waals surface area contributed by atoms with Gasteiger partial charge in [-0.2, -0.15) is 0 Å². The molecular weight excluding hydrogens is 491 g/mol. The van der Waals surface area contributed by atoms with Crippen LogP contribution in [0.3, 0.4) is 0 Å². The third-order valence-electron chi connectivity index (χ3n) is 5.66. The Labute approximate surface area is 219 Å². The molecule has 4 rings (SSSR count). The average molecular weight is 519 g/mol. The first-order valence-electron chi connectivity index (χ1n) is 12.0. The quantitative estimate of drug-likeness (QED) is 0.238. The number of nitrogens with zero attached hydrogens (tertiary/aromatic N) is 1. The number of halogens is 1. The highest BCUT2D eigenvalue weighted by molar-refractivity contribution is 5.91. The Bertz CT molecular complexity index is 1400. The fourth-order valence-corrected chi connectivity index (χ4v) is 3.75. The van der Waals surface area contributed by atoms with E-state index in [4.69, 9.17) is 18.7 Å². The Morgan fingerprint density at radius 3 is 2.32 bits per heavy atom. The molecule has 1 N–H and O–H groups in total. The van der Waals surface area contributed by atoms with Crippen molar-refractivity contribution in [1.82, 2.24) is 5.16 Å². The minimum Gasteiger partial charge on any atom is -0.466 e. The Hall–Kier alpha value is -4.66. The third-order valence-corrected chi connectivity index (χ3v) is 5.66. The lowest BCUT2D eigenvalue weighted by molar-refractivity contribution is -0.142. The van der Waals surface area contributed by atoms with E-state index in [0.29, 0.717) is 40.8 Å². The van der Waals surface area contributed by atoms with Crippen molar-refractivity contribution in [2.24, 2.45) is 0 Å². The van der Waals surface area contributed by atoms with Crippen LogP contribution in [0.15, 0.2) is 77.3 Å². The van der Waals surface area contributed by atoms with E-state index in [0.717, 1.165) is 5.56 Å². The number of ether oxygens (including phenoxy) is 3. The van der Waals surface area contributed by atoms with Crippen LogP contribution in [-0.4, -0.2) is 23.8 Å². The molecule has 8 nitrogen and oxygen atoms in total. The van der Waals surface area contributed by atoms with Gasteiger partial charge in [0.25, 0.3) is 0 Å². The highest BCUT2D eigenvalue weighted by atomic mass is 19.1. The van der Waals surface area contributed by atoms with Gasteiger partial charge in [0.05, 0.1) is 13.0 Å². The molecule has 0 fully saturated rings. The van der Waals surface area contributed by atoms with Crippen LogP contribution in [0.2, 0.25) is 0 Å². The molecule has 0 aliphatic rings. The summed E-state index contributed by atoms with van der Waals surface area (Å²) in [5.74, 6) is 0.848. The molecule has 1 amide bonds. The minimum absolute atomic E-state index is 0.200. The first-order valence-corrected chi connectivity index (χ1v) is 12.0. The van der Waals surface area contributed by atoms with Crippen molar-refractivity contribution < 1.29 is 32.7 Å². The van der Waals surface area contributed by atoms with Crippen LogP contribution in [0.5, 0.6) is 11.5 Å². The van der Waals surface area contributed by atoms with E-state index < -0.39 is 18.0 Å². The van der Waals surface area contributed by atoms with Crippen LogP contribution >= 0.6 is 0 Å².